The highest BCUT2D eigenvalue weighted by molar-refractivity contribution is 6.52. The van der Waals surface area contributed by atoms with E-state index in [2.05, 4.69) is 9.31 Å². The summed E-state index contributed by atoms with van der Waals surface area (Å²) in [6, 6.07) is 0. The van der Waals surface area contributed by atoms with Crippen LogP contribution in [0.3, 0.4) is 0 Å². The van der Waals surface area contributed by atoms with Crippen molar-refractivity contribution in [3.05, 3.63) is 12.5 Å². The standard InChI is InChI=1S/C2H2BF2O2/c4-3(5)6-1-2-7-3/h1-2H/q-1. The molecule has 7 heavy (non-hydrogen) atoms. The van der Waals surface area contributed by atoms with Crippen molar-refractivity contribution in [3.8, 4) is 0 Å². The zero-order valence-electron chi connectivity index (χ0n) is 3.30. The summed E-state index contributed by atoms with van der Waals surface area (Å²) in [6.45, 7) is 0. The lowest BCUT2D eigenvalue weighted by Crippen LogP contribution is -2.23. The topological polar surface area (TPSA) is 18.5 Å². The van der Waals surface area contributed by atoms with Crippen molar-refractivity contribution in [1.29, 1.82) is 0 Å². The molecule has 0 unspecified atom stereocenters. The van der Waals surface area contributed by atoms with Crippen LogP contribution in [0.1, 0.15) is 0 Å². The second-order valence-electron chi connectivity index (χ2n) is 1.08. The van der Waals surface area contributed by atoms with Crippen LogP contribution in [0.2, 0.25) is 0 Å². The van der Waals surface area contributed by atoms with Crippen LogP contribution >= 0.6 is 0 Å². The molecule has 0 spiro atoms. The molecule has 0 N–H and O–H groups in total. The Balaban J connectivity index is 2.49. The molecular weight excluding hydrogens is 105 g/mol. The largest absolute Gasteiger partial charge is 0.725 e. The van der Waals surface area contributed by atoms with Gasteiger partial charge in [0.25, 0.3) is 0 Å². The molecule has 0 aromatic heterocycles. The molecule has 0 aliphatic carbocycles. The average Bonchev–Trinajstić information content (AvgIpc) is 1.84. The molecule has 0 atom stereocenters. The Bertz CT molecular complexity index is 91.9. The molecule has 1 aliphatic heterocycles. The predicted molar refractivity (Wildman–Crippen MR) is 19.3 cm³/mol. The summed E-state index contributed by atoms with van der Waals surface area (Å²) < 4.78 is 30.3. The van der Waals surface area contributed by atoms with E-state index in [0.29, 0.717) is 0 Å². The van der Waals surface area contributed by atoms with Crippen molar-refractivity contribution in [2.45, 2.75) is 0 Å². The summed E-state index contributed by atoms with van der Waals surface area (Å²) in [5.41, 5.74) is 0. The molecule has 0 amide bonds. The van der Waals surface area contributed by atoms with Crippen molar-refractivity contribution in [2.75, 3.05) is 0 Å². The summed E-state index contributed by atoms with van der Waals surface area (Å²) in [4.78, 5) is 0. The van der Waals surface area contributed by atoms with E-state index in [1.165, 1.54) is 0 Å². The van der Waals surface area contributed by atoms with Crippen LogP contribution in [0, 0.1) is 0 Å². The summed E-state index contributed by atoms with van der Waals surface area (Å²) in [6.07, 6.45) is 1.64. The maximum atomic E-state index is 11.5. The van der Waals surface area contributed by atoms with Gasteiger partial charge in [0.05, 0.1) is 12.5 Å². The van der Waals surface area contributed by atoms with Crippen LogP contribution in [0.5, 0.6) is 0 Å². The molecule has 0 saturated carbocycles. The summed E-state index contributed by atoms with van der Waals surface area (Å²) in [7, 11) is -3.97. The highest BCUT2D eigenvalue weighted by Crippen LogP contribution is 2.16. The average molecular weight is 107 g/mol. The molecule has 1 aliphatic rings. The highest BCUT2D eigenvalue weighted by Gasteiger charge is 2.33. The molecule has 5 heteroatoms. The van der Waals surface area contributed by atoms with Crippen molar-refractivity contribution in [2.24, 2.45) is 0 Å². The fraction of sp³-hybridized carbons (Fsp3) is 0. The molecule has 0 aromatic carbocycles. The van der Waals surface area contributed by atoms with Gasteiger partial charge in [0.15, 0.2) is 0 Å². The van der Waals surface area contributed by atoms with Crippen LogP contribution in [0.15, 0.2) is 12.5 Å². The lowest BCUT2D eigenvalue weighted by Gasteiger charge is -2.14. The first kappa shape index (κ1) is 4.42. The third kappa shape index (κ3) is 0.822. The van der Waals surface area contributed by atoms with Crippen LogP contribution in [-0.4, -0.2) is 7.11 Å². The molecule has 0 radical (unpaired) electrons. The lowest BCUT2D eigenvalue weighted by atomic mass is 10.2. The highest BCUT2D eigenvalue weighted by atomic mass is 19.3. The monoisotopic (exact) mass is 107 g/mol. The quantitative estimate of drug-likeness (QED) is 0.427. The van der Waals surface area contributed by atoms with Gasteiger partial charge in [-0.15, -0.1) is 0 Å². The Morgan fingerprint density at radius 1 is 1.14 bits per heavy atom. The van der Waals surface area contributed by atoms with Crippen molar-refractivity contribution >= 4 is 7.11 Å². The van der Waals surface area contributed by atoms with Gasteiger partial charge in [0.1, 0.15) is 0 Å². The molecule has 1 heterocycles. The third-order valence-corrected chi connectivity index (χ3v) is 0.530. The fourth-order valence-corrected chi connectivity index (χ4v) is 0.279. The predicted octanol–water partition coefficient (Wildman–Crippen LogP) is 0.879. The van der Waals surface area contributed by atoms with E-state index >= 15 is 0 Å². The Labute approximate surface area is 38.8 Å². The first-order valence-corrected chi connectivity index (χ1v) is 1.71. The van der Waals surface area contributed by atoms with Gasteiger partial charge in [0.2, 0.25) is 0 Å². The Hall–Kier alpha value is -0.735. The van der Waals surface area contributed by atoms with E-state index in [0.717, 1.165) is 12.5 Å². The Morgan fingerprint density at radius 2 is 1.57 bits per heavy atom. The summed E-state index contributed by atoms with van der Waals surface area (Å²) in [5, 5.41) is 0. The Kier molecular flexibility index (Phi) is 0.705. The van der Waals surface area contributed by atoms with Crippen LogP contribution in [0.4, 0.5) is 8.63 Å². The molecule has 1 rings (SSSR count). The molecule has 0 bridgehead atoms. The van der Waals surface area contributed by atoms with Gasteiger partial charge in [-0.25, -0.2) is 0 Å². The zero-order chi connectivity index (χ0) is 5.33. The number of rotatable bonds is 0. The van der Waals surface area contributed by atoms with E-state index in [1.54, 1.807) is 0 Å². The smallest absolute Gasteiger partial charge is 0.631 e. The van der Waals surface area contributed by atoms with Crippen LogP contribution in [-0.2, 0) is 9.31 Å². The van der Waals surface area contributed by atoms with Gasteiger partial charge in [-0.05, 0) is 0 Å². The van der Waals surface area contributed by atoms with E-state index < -0.39 is 7.11 Å². The maximum absolute atomic E-state index is 11.5. The van der Waals surface area contributed by atoms with E-state index in [4.69, 9.17) is 0 Å². The molecule has 2 nitrogen and oxygen atoms in total. The second-order valence-corrected chi connectivity index (χ2v) is 1.08. The van der Waals surface area contributed by atoms with E-state index in [9.17, 15) is 8.63 Å². The minimum Gasteiger partial charge on any atom is -0.631 e. The maximum Gasteiger partial charge on any atom is 0.725 e. The van der Waals surface area contributed by atoms with Gasteiger partial charge in [-0.1, -0.05) is 0 Å². The minimum atomic E-state index is -3.97. The van der Waals surface area contributed by atoms with Crippen molar-refractivity contribution in [1.82, 2.24) is 0 Å². The fourth-order valence-electron chi connectivity index (χ4n) is 0.279. The van der Waals surface area contributed by atoms with Crippen molar-refractivity contribution in [3.63, 3.8) is 0 Å². The van der Waals surface area contributed by atoms with Crippen LogP contribution < -0.4 is 0 Å². The van der Waals surface area contributed by atoms with Gasteiger partial charge < -0.3 is 17.9 Å². The molecular formula is C2H2BF2O2-. The number of hydrogen-bond acceptors (Lipinski definition) is 2. The molecule has 0 aromatic rings. The summed E-state index contributed by atoms with van der Waals surface area (Å²) >= 11 is 0. The first-order chi connectivity index (χ1) is 3.21. The molecule has 0 fully saturated rings. The minimum absolute atomic E-state index is 0.819. The van der Waals surface area contributed by atoms with E-state index in [1.807, 2.05) is 0 Å². The van der Waals surface area contributed by atoms with Gasteiger partial charge in [-0.2, -0.15) is 0 Å². The zero-order valence-corrected chi connectivity index (χ0v) is 3.30. The third-order valence-electron chi connectivity index (χ3n) is 0.530. The van der Waals surface area contributed by atoms with Gasteiger partial charge >= 0.3 is 7.11 Å². The Morgan fingerprint density at radius 3 is 1.71 bits per heavy atom. The molecule has 40 valence electrons. The SMILES string of the molecule is F[B-]1(F)OC=CO1. The lowest BCUT2D eigenvalue weighted by molar-refractivity contribution is 0.225. The summed E-state index contributed by atoms with van der Waals surface area (Å²) in [5.74, 6) is 0. The van der Waals surface area contributed by atoms with Gasteiger partial charge in [0, 0.05) is 0 Å². The van der Waals surface area contributed by atoms with Crippen molar-refractivity contribution < 1.29 is 17.9 Å². The van der Waals surface area contributed by atoms with Crippen LogP contribution in [0.25, 0.3) is 0 Å². The number of halogens is 2. The van der Waals surface area contributed by atoms with Gasteiger partial charge in [-0.3, -0.25) is 0 Å². The normalized spacial score (nSPS) is 23.7. The molecule has 0 saturated heterocycles. The number of hydrogen-bond donors (Lipinski definition) is 0. The van der Waals surface area contributed by atoms with E-state index in [-0.39, 0.29) is 0 Å². The first-order valence-electron chi connectivity index (χ1n) is 1.71. The second kappa shape index (κ2) is 1.12.